The summed E-state index contributed by atoms with van der Waals surface area (Å²) in [6, 6.07) is 3.61. The van der Waals surface area contributed by atoms with Crippen molar-refractivity contribution in [2.24, 2.45) is 0 Å². The fraction of sp³-hybridized carbons (Fsp3) is 0.364. The van der Waals surface area contributed by atoms with Crippen molar-refractivity contribution < 1.29 is 13.9 Å². The molecule has 2 amide bonds. The minimum atomic E-state index is -0.406. The highest BCUT2D eigenvalue weighted by Crippen LogP contribution is 2.24. The number of anilines is 1. The minimum absolute atomic E-state index is 0.298. The Morgan fingerprint density at radius 1 is 1.50 bits per heavy atom. The number of nitrogens with one attached hydrogen (secondary N) is 2. The van der Waals surface area contributed by atoms with Crippen molar-refractivity contribution >= 4 is 11.7 Å². The molecule has 1 aromatic rings. The number of amides is 2. The molecule has 0 aliphatic heterocycles. The first-order chi connectivity index (χ1) is 7.67. The van der Waals surface area contributed by atoms with Gasteiger partial charge in [0.2, 0.25) is 0 Å². The van der Waals surface area contributed by atoms with Gasteiger partial charge < -0.3 is 15.4 Å². The molecule has 1 rings (SSSR count). The lowest BCUT2D eigenvalue weighted by Crippen LogP contribution is -2.29. The van der Waals surface area contributed by atoms with Crippen LogP contribution in [0.5, 0.6) is 5.75 Å². The number of carbonyl (C=O) groups excluding carboxylic acids is 1. The zero-order valence-corrected chi connectivity index (χ0v) is 9.34. The zero-order chi connectivity index (χ0) is 12.0. The molecule has 0 unspecified atom stereocenters. The first kappa shape index (κ1) is 12.3. The van der Waals surface area contributed by atoms with E-state index in [4.69, 9.17) is 4.74 Å². The molecule has 0 atom stereocenters. The van der Waals surface area contributed by atoms with Crippen LogP contribution in [0.3, 0.4) is 0 Å². The predicted octanol–water partition coefficient (Wildman–Crippen LogP) is 2.37. The molecule has 0 spiro atoms. The molecule has 1 aromatic carbocycles. The first-order valence-electron chi connectivity index (χ1n) is 5.05. The second-order valence-electron chi connectivity index (χ2n) is 3.23. The Morgan fingerprint density at radius 2 is 2.25 bits per heavy atom. The third-order valence-electron chi connectivity index (χ3n) is 1.95. The zero-order valence-electron chi connectivity index (χ0n) is 9.34. The summed E-state index contributed by atoms with van der Waals surface area (Å²) in [6.45, 7) is 2.55. The van der Waals surface area contributed by atoms with Crippen LogP contribution in [0, 0.1) is 5.82 Å². The lowest BCUT2D eigenvalue weighted by atomic mass is 10.3. The number of hydrogen-bond acceptors (Lipinski definition) is 2. The predicted molar refractivity (Wildman–Crippen MR) is 60.3 cm³/mol. The van der Waals surface area contributed by atoms with E-state index in [9.17, 15) is 9.18 Å². The van der Waals surface area contributed by atoms with Gasteiger partial charge in [-0.05, 0) is 18.6 Å². The molecular weight excluding hydrogens is 211 g/mol. The monoisotopic (exact) mass is 226 g/mol. The van der Waals surface area contributed by atoms with E-state index in [0.717, 1.165) is 6.42 Å². The van der Waals surface area contributed by atoms with E-state index in [0.29, 0.717) is 18.0 Å². The van der Waals surface area contributed by atoms with Crippen molar-refractivity contribution in [1.29, 1.82) is 0 Å². The van der Waals surface area contributed by atoms with E-state index in [-0.39, 0.29) is 6.03 Å². The second-order valence-corrected chi connectivity index (χ2v) is 3.23. The summed E-state index contributed by atoms with van der Waals surface area (Å²) in [7, 11) is 1.42. The molecule has 88 valence electrons. The van der Waals surface area contributed by atoms with Crippen LogP contribution in [0.1, 0.15) is 13.3 Å². The van der Waals surface area contributed by atoms with Gasteiger partial charge in [0.25, 0.3) is 0 Å². The maximum atomic E-state index is 12.9. The van der Waals surface area contributed by atoms with Gasteiger partial charge in [-0.15, -0.1) is 0 Å². The molecule has 0 aliphatic rings. The number of methoxy groups -OCH3 is 1. The first-order valence-corrected chi connectivity index (χ1v) is 5.05. The van der Waals surface area contributed by atoms with Gasteiger partial charge >= 0.3 is 6.03 Å². The molecule has 4 nitrogen and oxygen atoms in total. The fourth-order valence-electron chi connectivity index (χ4n) is 1.17. The molecule has 2 N–H and O–H groups in total. The van der Waals surface area contributed by atoms with E-state index in [1.54, 1.807) is 0 Å². The lowest BCUT2D eigenvalue weighted by molar-refractivity contribution is 0.252. The molecule has 0 fully saturated rings. The summed E-state index contributed by atoms with van der Waals surface area (Å²) >= 11 is 0. The van der Waals surface area contributed by atoms with Crippen LogP contribution in [0.4, 0.5) is 14.9 Å². The topological polar surface area (TPSA) is 50.4 Å². The van der Waals surface area contributed by atoms with Gasteiger partial charge in [-0.1, -0.05) is 6.92 Å². The van der Waals surface area contributed by atoms with Crippen molar-refractivity contribution in [2.45, 2.75) is 13.3 Å². The molecule has 5 heteroatoms. The van der Waals surface area contributed by atoms with Crippen molar-refractivity contribution in [1.82, 2.24) is 5.32 Å². The molecule has 0 saturated carbocycles. The van der Waals surface area contributed by atoms with Gasteiger partial charge in [0.05, 0.1) is 12.8 Å². The van der Waals surface area contributed by atoms with Crippen LogP contribution in [0.2, 0.25) is 0 Å². The van der Waals surface area contributed by atoms with Crippen LogP contribution in [-0.4, -0.2) is 19.7 Å². The molecule has 16 heavy (non-hydrogen) atoms. The normalized spacial score (nSPS) is 9.69. The Labute approximate surface area is 93.8 Å². The number of carbonyl (C=O) groups is 1. The number of urea groups is 1. The summed E-state index contributed by atoms with van der Waals surface area (Å²) in [5.74, 6) is -0.108. The van der Waals surface area contributed by atoms with Crippen molar-refractivity contribution in [2.75, 3.05) is 19.0 Å². The molecule has 0 radical (unpaired) electrons. The summed E-state index contributed by atoms with van der Waals surface area (Å²) in [5, 5.41) is 5.23. The standard InChI is InChI=1S/C11H15FN2O2/c1-3-6-13-11(15)14-9-5-4-8(12)7-10(9)16-2/h4-5,7H,3,6H2,1-2H3,(H2,13,14,15). The number of hydrogen-bond donors (Lipinski definition) is 2. The third-order valence-corrected chi connectivity index (χ3v) is 1.95. The highest BCUT2D eigenvalue weighted by atomic mass is 19.1. The van der Waals surface area contributed by atoms with Crippen LogP contribution >= 0.6 is 0 Å². The Hall–Kier alpha value is -1.78. The van der Waals surface area contributed by atoms with Crippen LogP contribution < -0.4 is 15.4 Å². The molecule has 0 aliphatic carbocycles. The quantitative estimate of drug-likeness (QED) is 0.828. The number of benzene rings is 1. The van der Waals surface area contributed by atoms with Gasteiger partial charge in [-0.2, -0.15) is 0 Å². The highest BCUT2D eigenvalue weighted by molar-refractivity contribution is 5.90. The molecule has 0 saturated heterocycles. The van der Waals surface area contributed by atoms with Crippen LogP contribution in [0.25, 0.3) is 0 Å². The Morgan fingerprint density at radius 3 is 2.88 bits per heavy atom. The van der Waals surface area contributed by atoms with Crippen LogP contribution in [0.15, 0.2) is 18.2 Å². The Kier molecular flexibility index (Phi) is 4.57. The van der Waals surface area contributed by atoms with E-state index in [1.165, 1.54) is 25.3 Å². The van der Waals surface area contributed by atoms with Gasteiger partial charge in [-0.3, -0.25) is 0 Å². The fourth-order valence-corrected chi connectivity index (χ4v) is 1.17. The Bertz CT molecular complexity index is 369. The van der Waals surface area contributed by atoms with Gasteiger partial charge in [-0.25, -0.2) is 9.18 Å². The summed E-state index contributed by atoms with van der Waals surface area (Å²) < 4.78 is 17.8. The average molecular weight is 226 g/mol. The molecule has 0 bridgehead atoms. The van der Waals surface area contributed by atoms with Crippen molar-refractivity contribution in [3.8, 4) is 5.75 Å². The van der Waals surface area contributed by atoms with Crippen LogP contribution in [-0.2, 0) is 0 Å². The van der Waals surface area contributed by atoms with E-state index in [2.05, 4.69) is 10.6 Å². The third kappa shape index (κ3) is 3.42. The smallest absolute Gasteiger partial charge is 0.319 e. The second kappa shape index (κ2) is 5.95. The van der Waals surface area contributed by atoms with E-state index in [1.807, 2.05) is 6.92 Å². The maximum absolute atomic E-state index is 12.9. The van der Waals surface area contributed by atoms with Gasteiger partial charge in [0, 0.05) is 12.6 Å². The van der Waals surface area contributed by atoms with Gasteiger partial charge in [0.1, 0.15) is 11.6 Å². The molecule has 0 aromatic heterocycles. The van der Waals surface area contributed by atoms with Gasteiger partial charge in [0.15, 0.2) is 0 Å². The van der Waals surface area contributed by atoms with Crippen molar-refractivity contribution in [3.63, 3.8) is 0 Å². The molecular formula is C11H15FN2O2. The number of rotatable bonds is 4. The van der Waals surface area contributed by atoms with E-state index >= 15 is 0 Å². The number of ether oxygens (including phenoxy) is 1. The van der Waals surface area contributed by atoms with Crippen molar-refractivity contribution in [3.05, 3.63) is 24.0 Å². The Balaban J connectivity index is 2.69. The summed E-state index contributed by atoms with van der Waals surface area (Å²) in [6.07, 6.45) is 0.855. The summed E-state index contributed by atoms with van der Waals surface area (Å²) in [4.78, 5) is 11.4. The number of halogens is 1. The highest BCUT2D eigenvalue weighted by Gasteiger charge is 2.07. The largest absolute Gasteiger partial charge is 0.494 e. The lowest BCUT2D eigenvalue weighted by Gasteiger charge is -2.10. The minimum Gasteiger partial charge on any atom is -0.494 e. The maximum Gasteiger partial charge on any atom is 0.319 e. The SMILES string of the molecule is CCCNC(=O)Nc1ccc(F)cc1OC. The van der Waals surface area contributed by atoms with E-state index < -0.39 is 5.82 Å². The average Bonchev–Trinajstić information content (AvgIpc) is 2.28. The molecule has 0 heterocycles. The summed E-state index contributed by atoms with van der Waals surface area (Å²) in [5.41, 5.74) is 0.442.